The molecule has 4 rings (SSSR count). The molecule has 1 aromatic heterocycles. The third-order valence-corrected chi connectivity index (χ3v) is 5.81. The Morgan fingerprint density at radius 2 is 1.73 bits per heavy atom. The molecule has 134 valence electrons. The molecule has 3 aromatic rings. The number of morpholine rings is 1. The maximum Gasteiger partial charge on any atom is 0.262 e. The van der Waals surface area contributed by atoms with Crippen molar-refractivity contribution >= 4 is 32.3 Å². The number of aromatic nitrogens is 1. The molecule has 0 aliphatic carbocycles. The van der Waals surface area contributed by atoms with Crippen LogP contribution >= 0.6 is 0 Å². The van der Waals surface area contributed by atoms with Crippen LogP contribution in [0.1, 0.15) is 0 Å². The van der Waals surface area contributed by atoms with E-state index in [2.05, 4.69) is 14.6 Å². The molecule has 0 saturated carbocycles. The molecule has 1 fully saturated rings. The number of ether oxygens (including phenoxy) is 1. The van der Waals surface area contributed by atoms with Crippen molar-refractivity contribution < 1.29 is 13.2 Å². The van der Waals surface area contributed by atoms with Gasteiger partial charge in [0.2, 0.25) is 0 Å². The molecule has 2 aromatic carbocycles. The molecule has 0 radical (unpaired) electrons. The summed E-state index contributed by atoms with van der Waals surface area (Å²) in [5, 5.41) is 1.58. The second-order valence-corrected chi connectivity index (χ2v) is 7.74. The summed E-state index contributed by atoms with van der Waals surface area (Å²) in [6.45, 7) is 2.93. The lowest BCUT2D eigenvalue weighted by Gasteiger charge is -2.27. The fraction of sp³-hybridized carbons (Fsp3) is 0.211. The van der Waals surface area contributed by atoms with E-state index in [-0.39, 0.29) is 4.90 Å². The summed E-state index contributed by atoms with van der Waals surface area (Å²) in [5.41, 5.74) is 0.440. The first-order chi connectivity index (χ1) is 12.6. The number of sulfonamides is 1. The summed E-state index contributed by atoms with van der Waals surface area (Å²) < 4.78 is 33.6. The summed E-state index contributed by atoms with van der Waals surface area (Å²) in [4.78, 5) is 6.76. The molecule has 1 saturated heterocycles. The summed E-state index contributed by atoms with van der Waals surface area (Å²) in [6.07, 6.45) is 1.55. The second kappa shape index (κ2) is 6.93. The van der Waals surface area contributed by atoms with E-state index in [1.807, 2.05) is 36.4 Å². The van der Waals surface area contributed by atoms with Gasteiger partial charge < -0.3 is 9.64 Å². The van der Waals surface area contributed by atoms with Crippen LogP contribution in [0.3, 0.4) is 0 Å². The van der Waals surface area contributed by atoms with Crippen LogP contribution < -0.4 is 9.62 Å². The highest BCUT2D eigenvalue weighted by Gasteiger charge is 2.18. The molecular weight excluding hydrogens is 350 g/mol. The second-order valence-electron chi connectivity index (χ2n) is 6.09. The van der Waals surface area contributed by atoms with Gasteiger partial charge in [-0.3, -0.25) is 4.72 Å². The Hall–Kier alpha value is -2.64. The van der Waals surface area contributed by atoms with Crippen LogP contribution in [0.25, 0.3) is 10.8 Å². The average Bonchev–Trinajstić information content (AvgIpc) is 2.68. The minimum atomic E-state index is -3.70. The van der Waals surface area contributed by atoms with E-state index in [0.29, 0.717) is 24.3 Å². The van der Waals surface area contributed by atoms with Crippen LogP contribution in [0.5, 0.6) is 0 Å². The predicted octanol–water partition coefficient (Wildman–Crippen LogP) is 2.87. The SMILES string of the molecule is O=S(=O)(Nc1ccc(N2CCOCC2)nc1)c1cccc2ccccc12. The fourth-order valence-corrected chi connectivity index (χ4v) is 4.34. The van der Waals surface area contributed by atoms with Gasteiger partial charge in [0.05, 0.1) is 30.0 Å². The van der Waals surface area contributed by atoms with Crippen LogP contribution in [-0.4, -0.2) is 39.7 Å². The van der Waals surface area contributed by atoms with Crippen molar-refractivity contribution in [1.29, 1.82) is 0 Å². The van der Waals surface area contributed by atoms with Crippen LogP contribution in [0.15, 0.2) is 65.7 Å². The number of fused-ring (bicyclic) bond motifs is 1. The van der Waals surface area contributed by atoms with Gasteiger partial charge in [-0.25, -0.2) is 13.4 Å². The highest BCUT2D eigenvalue weighted by molar-refractivity contribution is 7.93. The van der Waals surface area contributed by atoms with E-state index < -0.39 is 10.0 Å². The van der Waals surface area contributed by atoms with Gasteiger partial charge >= 0.3 is 0 Å². The molecule has 1 N–H and O–H groups in total. The number of benzene rings is 2. The van der Waals surface area contributed by atoms with Gasteiger partial charge in [-0.1, -0.05) is 36.4 Å². The lowest BCUT2D eigenvalue weighted by atomic mass is 10.1. The van der Waals surface area contributed by atoms with Crippen molar-refractivity contribution in [1.82, 2.24) is 4.98 Å². The first kappa shape index (κ1) is 16.8. The van der Waals surface area contributed by atoms with Crippen molar-refractivity contribution in [3.8, 4) is 0 Å². The maximum atomic E-state index is 12.8. The number of nitrogens with one attached hydrogen (secondary N) is 1. The highest BCUT2D eigenvalue weighted by Crippen LogP contribution is 2.25. The van der Waals surface area contributed by atoms with Crippen molar-refractivity contribution in [2.24, 2.45) is 0 Å². The molecule has 7 heteroatoms. The summed E-state index contributed by atoms with van der Waals surface area (Å²) in [5.74, 6) is 0.821. The zero-order valence-electron chi connectivity index (χ0n) is 14.1. The zero-order chi connectivity index (χ0) is 18.0. The Kier molecular flexibility index (Phi) is 4.48. The quantitative estimate of drug-likeness (QED) is 0.766. The number of hydrogen-bond acceptors (Lipinski definition) is 5. The Labute approximate surface area is 152 Å². The average molecular weight is 369 g/mol. The molecule has 6 nitrogen and oxygen atoms in total. The van der Waals surface area contributed by atoms with E-state index >= 15 is 0 Å². The summed E-state index contributed by atoms with van der Waals surface area (Å²) in [6, 6.07) is 16.2. The molecule has 0 amide bonds. The standard InChI is InChI=1S/C19H19N3O3S/c23-26(24,18-7-3-5-15-4-1-2-6-17(15)18)21-16-8-9-19(20-14-16)22-10-12-25-13-11-22/h1-9,14,21H,10-13H2. The van der Waals surface area contributed by atoms with Gasteiger partial charge in [0, 0.05) is 18.5 Å². The molecule has 26 heavy (non-hydrogen) atoms. The van der Waals surface area contributed by atoms with Crippen LogP contribution in [0, 0.1) is 0 Å². The van der Waals surface area contributed by atoms with Crippen LogP contribution in [0.4, 0.5) is 11.5 Å². The number of nitrogens with zero attached hydrogens (tertiary/aromatic N) is 2. The Morgan fingerprint density at radius 1 is 0.962 bits per heavy atom. The highest BCUT2D eigenvalue weighted by atomic mass is 32.2. The van der Waals surface area contributed by atoms with Crippen molar-refractivity contribution in [3.63, 3.8) is 0 Å². The smallest absolute Gasteiger partial charge is 0.262 e. The lowest BCUT2D eigenvalue weighted by Crippen LogP contribution is -2.36. The summed E-state index contributed by atoms with van der Waals surface area (Å²) in [7, 11) is -3.70. The van der Waals surface area contributed by atoms with Gasteiger partial charge in [-0.05, 0) is 23.6 Å². The molecule has 1 aliphatic rings. The summed E-state index contributed by atoms with van der Waals surface area (Å²) >= 11 is 0. The third-order valence-electron chi connectivity index (χ3n) is 4.37. The Balaban J connectivity index is 1.59. The molecule has 0 atom stereocenters. The van der Waals surface area contributed by atoms with E-state index in [1.165, 1.54) is 0 Å². The first-order valence-electron chi connectivity index (χ1n) is 8.43. The van der Waals surface area contributed by atoms with E-state index in [1.54, 1.807) is 24.4 Å². The van der Waals surface area contributed by atoms with Crippen molar-refractivity contribution in [2.45, 2.75) is 4.90 Å². The first-order valence-corrected chi connectivity index (χ1v) is 9.91. The molecule has 0 bridgehead atoms. The monoisotopic (exact) mass is 369 g/mol. The number of anilines is 2. The number of pyridine rings is 1. The van der Waals surface area contributed by atoms with Crippen LogP contribution in [0.2, 0.25) is 0 Å². The van der Waals surface area contributed by atoms with E-state index in [0.717, 1.165) is 24.3 Å². The largest absolute Gasteiger partial charge is 0.378 e. The predicted molar refractivity (Wildman–Crippen MR) is 102 cm³/mol. The normalized spacial score (nSPS) is 15.2. The van der Waals surface area contributed by atoms with Gasteiger partial charge in [-0.2, -0.15) is 0 Å². The Morgan fingerprint density at radius 3 is 2.50 bits per heavy atom. The van der Waals surface area contributed by atoms with Crippen molar-refractivity contribution in [3.05, 3.63) is 60.8 Å². The lowest BCUT2D eigenvalue weighted by molar-refractivity contribution is 0.122. The molecule has 2 heterocycles. The topological polar surface area (TPSA) is 71.5 Å². The number of hydrogen-bond donors (Lipinski definition) is 1. The van der Waals surface area contributed by atoms with E-state index in [9.17, 15) is 8.42 Å². The minimum Gasteiger partial charge on any atom is -0.378 e. The zero-order valence-corrected chi connectivity index (χ0v) is 14.9. The van der Waals surface area contributed by atoms with Gasteiger partial charge in [0.25, 0.3) is 10.0 Å². The fourth-order valence-electron chi connectivity index (χ4n) is 3.07. The minimum absolute atomic E-state index is 0.257. The molecule has 0 spiro atoms. The van der Waals surface area contributed by atoms with Crippen molar-refractivity contribution in [2.75, 3.05) is 35.9 Å². The molecule has 1 aliphatic heterocycles. The molecular formula is C19H19N3O3S. The van der Waals surface area contributed by atoms with Gasteiger partial charge in [-0.15, -0.1) is 0 Å². The van der Waals surface area contributed by atoms with Crippen LogP contribution in [-0.2, 0) is 14.8 Å². The van der Waals surface area contributed by atoms with Gasteiger partial charge in [0.15, 0.2) is 0 Å². The Bertz CT molecular complexity index is 1010. The molecule has 0 unspecified atom stereocenters. The maximum absolute atomic E-state index is 12.8. The number of rotatable bonds is 4. The third kappa shape index (κ3) is 3.36. The van der Waals surface area contributed by atoms with Gasteiger partial charge in [0.1, 0.15) is 5.82 Å². The van der Waals surface area contributed by atoms with E-state index in [4.69, 9.17) is 4.74 Å².